The van der Waals surface area contributed by atoms with Gasteiger partial charge in [0.2, 0.25) is 0 Å². The molecule has 1 N–H and O–H groups in total. The highest BCUT2D eigenvalue weighted by atomic mass is 35.5. The molecule has 2 rings (SSSR count). The van der Waals surface area contributed by atoms with E-state index >= 15 is 0 Å². The lowest BCUT2D eigenvalue weighted by Gasteiger charge is -2.23. The van der Waals surface area contributed by atoms with E-state index in [0.29, 0.717) is 22.7 Å². The van der Waals surface area contributed by atoms with Crippen molar-refractivity contribution in [3.8, 4) is 0 Å². The molecule has 16 heavy (non-hydrogen) atoms. The summed E-state index contributed by atoms with van der Waals surface area (Å²) < 4.78 is 0. The number of halogens is 1. The van der Waals surface area contributed by atoms with Crippen LogP contribution in [0.5, 0.6) is 0 Å². The van der Waals surface area contributed by atoms with E-state index in [-0.39, 0.29) is 6.61 Å². The first-order valence-corrected chi connectivity index (χ1v) is 6.02. The number of rotatable bonds is 2. The van der Waals surface area contributed by atoms with Gasteiger partial charge in [-0.25, -0.2) is 4.98 Å². The highest BCUT2D eigenvalue weighted by molar-refractivity contribution is 6.31. The van der Waals surface area contributed by atoms with Gasteiger partial charge in [0.1, 0.15) is 5.82 Å². The third-order valence-electron chi connectivity index (χ3n) is 3.13. The lowest BCUT2D eigenvalue weighted by molar-refractivity contribution is 0.277. The summed E-state index contributed by atoms with van der Waals surface area (Å²) in [6.45, 7) is 5.38. The van der Waals surface area contributed by atoms with E-state index < -0.39 is 0 Å². The molecule has 0 spiro atoms. The van der Waals surface area contributed by atoms with Crippen LogP contribution in [0, 0.1) is 5.92 Å². The maximum atomic E-state index is 9.14. The quantitative estimate of drug-likeness (QED) is 0.863. The van der Waals surface area contributed by atoms with Crippen molar-refractivity contribution in [2.24, 2.45) is 5.92 Å². The van der Waals surface area contributed by atoms with Crippen LogP contribution in [0.4, 0.5) is 5.82 Å². The molecule has 1 fully saturated rings. The lowest BCUT2D eigenvalue weighted by atomic mass is 10.1. The van der Waals surface area contributed by atoms with Gasteiger partial charge in [0.15, 0.2) is 0 Å². The average Bonchev–Trinajstić information content (AvgIpc) is 2.59. The molecule has 0 amide bonds. The van der Waals surface area contributed by atoms with Crippen LogP contribution in [0.1, 0.15) is 26.0 Å². The Kier molecular flexibility index (Phi) is 3.36. The predicted octanol–water partition coefficient (Wildman–Crippen LogP) is 2.46. The van der Waals surface area contributed by atoms with Crippen molar-refractivity contribution in [3.05, 3.63) is 22.8 Å². The Labute approximate surface area is 101 Å². The highest BCUT2D eigenvalue weighted by Gasteiger charge is 2.27. The fourth-order valence-corrected chi connectivity index (χ4v) is 2.53. The third kappa shape index (κ3) is 2.15. The van der Waals surface area contributed by atoms with Crippen molar-refractivity contribution in [1.29, 1.82) is 0 Å². The molecule has 3 nitrogen and oxygen atoms in total. The summed E-state index contributed by atoms with van der Waals surface area (Å²) in [5, 5.41) is 9.67. The van der Waals surface area contributed by atoms with Crippen LogP contribution in [-0.2, 0) is 6.61 Å². The van der Waals surface area contributed by atoms with Crippen LogP contribution >= 0.6 is 11.6 Å². The Morgan fingerprint density at radius 3 is 2.81 bits per heavy atom. The standard InChI is InChI=1S/C12H17ClN2O/c1-8-5-9(2)15(6-8)12-4-3-10(13)11(7-16)14-12/h3-4,8-9,16H,5-7H2,1-2H3. The number of nitrogens with zero attached hydrogens (tertiary/aromatic N) is 2. The van der Waals surface area contributed by atoms with Crippen molar-refractivity contribution >= 4 is 17.4 Å². The minimum absolute atomic E-state index is 0.107. The van der Waals surface area contributed by atoms with E-state index in [9.17, 15) is 0 Å². The van der Waals surface area contributed by atoms with E-state index in [1.807, 2.05) is 12.1 Å². The number of pyridine rings is 1. The zero-order valence-electron chi connectivity index (χ0n) is 9.65. The number of hydrogen-bond acceptors (Lipinski definition) is 3. The molecule has 2 unspecified atom stereocenters. The molecule has 1 aromatic rings. The monoisotopic (exact) mass is 240 g/mol. The lowest BCUT2D eigenvalue weighted by Crippen LogP contribution is -2.27. The second-order valence-electron chi connectivity index (χ2n) is 4.60. The summed E-state index contributed by atoms with van der Waals surface area (Å²) in [4.78, 5) is 6.68. The van der Waals surface area contributed by atoms with Crippen molar-refractivity contribution in [2.45, 2.75) is 32.9 Å². The Morgan fingerprint density at radius 1 is 1.50 bits per heavy atom. The summed E-state index contributed by atoms with van der Waals surface area (Å²) >= 11 is 5.93. The minimum atomic E-state index is -0.107. The van der Waals surface area contributed by atoms with E-state index in [1.165, 1.54) is 6.42 Å². The Balaban J connectivity index is 2.27. The van der Waals surface area contributed by atoms with Gasteiger partial charge in [-0.15, -0.1) is 0 Å². The maximum Gasteiger partial charge on any atom is 0.129 e. The van der Waals surface area contributed by atoms with Gasteiger partial charge in [-0.1, -0.05) is 18.5 Å². The molecule has 4 heteroatoms. The van der Waals surface area contributed by atoms with Gasteiger partial charge < -0.3 is 10.0 Å². The molecule has 0 bridgehead atoms. The van der Waals surface area contributed by atoms with Gasteiger partial charge in [-0.2, -0.15) is 0 Å². The molecule has 0 saturated carbocycles. The average molecular weight is 241 g/mol. The first-order valence-electron chi connectivity index (χ1n) is 5.64. The molecule has 88 valence electrons. The summed E-state index contributed by atoms with van der Waals surface area (Å²) in [6.07, 6.45) is 1.19. The largest absolute Gasteiger partial charge is 0.390 e. The fraction of sp³-hybridized carbons (Fsp3) is 0.583. The molecular weight excluding hydrogens is 224 g/mol. The van der Waals surface area contributed by atoms with Crippen molar-refractivity contribution in [2.75, 3.05) is 11.4 Å². The predicted molar refractivity (Wildman–Crippen MR) is 65.8 cm³/mol. The molecule has 0 aromatic carbocycles. The van der Waals surface area contributed by atoms with Gasteiger partial charge in [-0.3, -0.25) is 0 Å². The molecule has 0 radical (unpaired) electrons. The molecule has 1 aliphatic heterocycles. The second kappa shape index (κ2) is 4.60. The summed E-state index contributed by atoms with van der Waals surface area (Å²) in [5.74, 6) is 1.62. The Morgan fingerprint density at radius 2 is 2.25 bits per heavy atom. The number of aliphatic hydroxyl groups excluding tert-OH is 1. The van der Waals surface area contributed by atoms with Crippen LogP contribution in [0.15, 0.2) is 12.1 Å². The maximum absolute atomic E-state index is 9.14. The zero-order chi connectivity index (χ0) is 11.7. The molecule has 2 atom stereocenters. The highest BCUT2D eigenvalue weighted by Crippen LogP contribution is 2.28. The Bertz CT molecular complexity index is 383. The summed E-state index contributed by atoms with van der Waals surface area (Å²) in [5.41, 5.74) is 0.561. The minimum Gasteiger partial charge on any atom is -0.390 e. The van der Waals surface area contributed by atoms with Gasteiger partial charge >= 0.3 is 0 Å². The van der Waals surface area contributed by atoms with Crippen LogP contribution in [-0.4, -0.2) is 22.7 Å². The van der Waals surface area contributed by atoms with Crippen LogP contribution in [0.2, 0.25) is 5.02 Å². The van der Waals surface area contributed by atoms with Gasteiger partial charge in [0, 0.05) is 12.6 Å². The van der Waals surface area contributed by atoms with Crippen LogP contribution in [0.3, 0.4) is 0 Å². The van der Waals surface area contributed by atoms with E-state index in [2.05, 4.69) is 23.7 Å². The molecule has 1 aliphatic rings. The molecule has 2 heterocycles. The fourth-order valence-electron chi connectivity index (χ4n) is 2.36. The normalized spacial score (nSPS) is 25.1. The number of aromatic nitrogens is 1. The molecule has 1 aromatic heterocycles. The van der Waals surface area contributed by atoms with Gasteiger partial charge in [0.05, 0.1) is 17.3 Å². The Hall–Kier alpha value is -0.800. The van der Waals surface area contributed by atoms with Crippen LogP contribution in [0.25, 0.3) is 0 Å². The first kappa shape index (κ1) is 11.7. The summed E-state index contributed by atoms with van der Waals surface area (Å²) in [6, 6.07) is 4.25. The number of aliphatic hydroxyl groups is 1. The number of anilines is 1. The topological polar surface area (TPSA) is 36.4 Å². The smallest absolute Gasteiger partial charge is 0.129 e. The third-order valence-corrected chi connectivity index (χ3v) is 3.48. The van der Waals surface area contributed by atoms with Crippen molar-refractivity contribution in [1.82, 2.24) is 4.98 Å². The van der Waals surface area contributed by atoms with Crippen molar-refractivity contribution < 1.29 is 5.11 Å². The summed E-state index contributed by atoms with van der Waals surface area (Å²) in [7, 11) is 0. The van der Waals surface area contributed by atoms with Crippen LogP contribution < -0.4 is 4.90 Å². The molecular formula is C12H17ClN2O. The first-order chi connectivity index (χ1) is 7.61. The van der Waals surface area contributed by atoms with Crippen molar-refractivity contribution in [3.63, 3.8) is 0 Å². The molecule has 1 saturated heterocycles. The SMILES string of the molecule is CC1CC(C)N(c2ccc(Cl)c(CO)n2)C1. The van der Waals surface area contributed by atoms with E-state index in [4.69, 9.17) is 16.7 Å². The number of hydrogen-bond donors (Lipinski definition) is 1. The zero-order valence-corrected chi connectivity index (χ0v) is 10.4. The molecule has 0 aliphatic carbocycles. The second-order valence-corrected chi connectivity index (χ2v) is 5.01. The van der Waals surface area contributed by atoms with Gasteiger partial charge in [0.25, 0.3) is 0 Å². The van der Waals surface area contributed by atoms with E-state index in [0.717, 1.165) is 12.4 Å². The van der Waals surface area contributed by atoms with E-state index in [1.54, 1.807) is 0 Å². The van der Waals surface area contributed by atoms with Gasteiger partial charge in [-0.05, 0) is 31.4 Å².